The molecule has 0 aliphatic rings. The highest BCUT2D eigenvalue weighted by atomic mass is 35.5. The van der Waals surface area contributed by atoms with Crippen molar-refractivity contribution in [1.82, 2.24) is 10.7 Å². The molecule has 0 unspecified atom stereocenters. The van der Waals surface area contributed by atoms with Gasteiger partial charge in [0.15, 0.2) is 5.11 Å². The molecule has 1 aromatic heterocycles. The average Bonchev–Trinajstić information content (AvgIpc) is 2.95. The highest BCUT2D eigenvalue weighted by molar-refractivity contribution is 7.80. The first-order chi connectivity index (χ1) is 11.8. The fraction of sp³-hybridized carbons (Fsp3) is 0.133. The summed E-state index contributed by atoms with van der Waals surface area (Å²) in [6.45, 7) is 1.37. The minimum absolute atomic E-state index is 0.0656. The Labute approximate surface area is 163 Å². The van der Waals surface area contributed by atoms with Crippen molar-refractivity contribution in [3.63, 3.8) is 0 Å². The van der Waals surface area contributed by atoms with Crippen molar-refractivity contribution in [2.45, 2.75) is 6.92 Å². The molecule has 0 spiro atoms. The Balaban J connectivity index is 2.16. The average molecular weight is 418 g/mol. The zero-order valence-corrected chi connectivity index (χ0v) is 16.0. The smallest absolute Gasteiger partial charge is 0.322 e. The molecule has 0 amide bonds. The number of carboxylic acid groups (broad SMARTS) is 1. The first-order valence-electron chi connectivity index (χ1n) is 6.85. The highest BCUT2D eigenvalue weighted by Crippen LogP contribution is 2.40. The van der Waals surface area contributed by atoms with Crippen LogP contribution in [-0.4, -0.2) is 33.6 Å². The van der Waals surface area contributed by atoms with Crippen molar-refractivity contribution in [2.75, 3.05) is 6.54 Å². The third kappa shape index (κ3) is 5.05. The van der Waals surface area contributed by atoms with Gasteiger partial charge in [0.05, 0.1) is 26.2 Å². The summed E-state index contributed by atoms with van der Waals surface area (Å²) in [6.07, 6.45) is 0. The van der Waals surface area contributed by atoms with E-state index in [0.29, 0.717) is 26.2 Å². The molecule has 1 heterocycles. The number of hydrogen-bond acceptors (Lipinski definition) is 5. The van der Waals surface area contributed by atoms with E-state index in [1.54, 1.807) is 30.5 Å². The molecule has 0 bridgehead atoms. The number of nitrogens with zero attached hydrogens (tertiary/aromatic N) is 1. The Bertz CT molecular complexity index is 853. The molecule has 132 valence electrons. The predicted molar refractivity (Wildman–Crippen MR) is 105 cm³/mol. The minimum Gasteiger partial charge on any atom is -0.506 e. The van der Waals surface area contributed by atoms with Crippen LogP contribution in [0.4, 0.5) is 0 Å². The van der Waals surface area contributed by atoms with Crippen LogP contribution in [0.3, 0.4) is 0 Å². The molecular formula is C15H13Cl2N3O3S2. The molecule has 0 fully saturated rings. The Morgan fingerprint density at radius 3 is 2.72 bits per heavy atom. The van der Waals surface area contributed by atoms with Gasteiger partial charge in [-0.05, 0) is 36.8 Å². The fourth-order valence-corrected chi connectivity index (χ4v) is 3.26. The second-order valence-corrected chi connectivity index (χ2v) is 6.94. The van der Waals surface area contributed by atoms with E-state index in [9.17, 15) is 9.90 Å². The van der Waals surface area contributed by atoms with Crippen LogP contribution in [0.5, 0.6) is 5.75 Å². The number of nitrogens with one attached hydrogen (secondary N) is 2. The lowest BCUT2D eigenvalue weighted by atomic mass is 10.1. The molecule has 0 radical (unpaired) electrons. The normalized spacial score (nSPS) is 11.2. The molecule has 4 N–H and O–H groups in total. The Hall–Kier alpha value is -1.87. The largest absolute Gasteiger partial charge is 0.506 e. The number of thiophene rings is 1. The van der Waals surface area contributed by atoms with Crippen LogP contribution in [-0.2, 0) is 4.79 Å². The van der Waals surface area contributed by atoms with Gasteiger partial charge in [-0.1, -0.05) is 29.3 Å². The summed E-state index contributed by atoms with van der Waals surface area (Å²) in [4.78, 5) is 11.1. The van der Waals surface area contributed by atoms with Crippen molar-refractivity contribution >= 4 is 63.5 Å². The van der Waals surface area contributed by atoms with Crippen molar-refractivity contribution < 1.29 is 15.0 Å². The quantitative estimate of drug-likeness (QED) is 0.336. The lowest BCUT2D eigenvalue weighted by Gasteiger charge is -2.06. The second-order valence-electron chi connectivity index (χ2n) is 4.84. The topological polar surface area (TPSA) is 94.0 Å². The molecular weight excluding hydrogens is 405 g/mol. The second kappa shape index (κ2) is 8.48. The van der Waals surface area contributed by atoms with E-state index < -0.39 is 5.97 Å². The molecule has 0 saturated heterocycles. The van der Waals surface area contributed by atoms with E-state index in [-0.39, 0.29) is 17.4 Å². The first kappa shape index (κ1) is 19.5. The van der Waals surface area contributed by atoms with Crippen molar-refractivity contribution in [3.8, 4) is 16.2 Å². The van der Waals surface area contributed by atoms with Gasteiger partial charge in [-0.15, -0.1) is 11.3 Å². The first-order valence-corrected chi connectivity index (χ1v) is 8.90. The van der Waals surface area contributed by atoms with Crippen LogP contribution < -0.4 is 10.7 Å². The van der Waals surface area contributed by atoms with Gasteiger partial charge in [0.25, 0.3) is 0 Å². The molecule has 0 saturated carbocycles. The van der Waals surface area contributed by atoms with E-state index in [2.05, 4.69) is 15.8 Å². The molecule has 1 aromatic carbocycles. The highest BCUT2D eigenvalue weighted by Gasteiger charge is 2.15. The summed E-state index contributed by atoms with van der Waals surface area (Å²) < 4.78 is 0. The SMILES string of the molecule is C/C(=N/NC(=S)NCC(=O)O)c1csc(-c2ccc(Cl)c(Cl)c2)c1O. The van der Waals surface area contributed by atoms with Crippen molar-refractivity contribution in [1.29, 1.82) is 0 Å². The Morgan fingerprint density at radius 1 is 1.36 bits per heavy atom. The molecule has 0 aliphatic heterocycles. The third-order valence-electron chi connectivity index (χ3n) is 3.06. The summed E-state index contributed by atoms with van der Waals surface area (Å²) >= 11 is 18.2. The summed E-state index contributed by atoms with van der Waals surface area (Å²) in [5, 5.41) is 28.2. The van der Waals surface area contributed by atoms with E-state index in [1.807, 2.05) is 0 Å². The lowest BCUT2D eigenvalue weighted by molar-refractivity contribution is -0.135. The number of aromatic hydroxyl groups is 1. The lowest BCUT2D eigenvalue weighted by Crippen LogP contribution is -2.36. The summed E-state index contributed by atoms with van der Waals surface area (Å²) in [5.41, 5.74) is 4.28. The van der Waals surface area contributed by atoms with Crippen molar-refractivity contribution in [3.05, 3.63) is 39.2 Å². The fourth-order valence-electron chi connectivity index (χ4n) is 1.84. The summed E-state index contributed by atoms with van der Waals surface area (Å²) in [7, 11) is 0. The number of thiocarbonyl (C=S) groups is 1. The van der Waals surface area contributed by atoms with E-state index in [1.165, 1.54) is 11.3 Å². The maximum absolute atomic E-state index is 10.5. The van der Waals surface area contributed by atoms with Gasteiger partial charge in [0.2, 0.25) is 0 Å². The molecule has 2 aromatic rings. The van der Waals surface area contributed by atoms with Crippen LogP contribution in [0.1, 0.15) is 12.5 Å². The molecule has 2 rings (SSSR count). The van der Waals surface area contributed by atoms with Crippen LogP contribution in [0.2, 0.25) is 10.0 Å². The Kier molecular flexibility index (Phi) is 6.60. The van der Waals surface area contributed by atoms with Gasteiger partial charge >= 0.3 is 5.97 Å². The van der Waals surface area contributed by atoms with E-state index in [0.717, 1.165) is 5.56 Å². The van der Waals surface area contributed by atoms with Gasteiger partial charge in [0, 0.05) is 5.38 Å². The molecule has 6 nitrogen and oxygen atoms in total. The number of halogens is 2. The van der Waals surface area contributed by atoms with Gasteiger partial charge < -0.3 is 15.5 Å². The Morgan fingerprint density at radius 2 is 2.08 bits per heavy atom. The number of hydrazone groups is 1. The zero-order valence-electron chi connectivity index (χ0n) is 12.8. The maximum atomic E-state index is 10.5. The summed E-state index contributed by atoms with van der Waals surface area (Å²) in [5.74, 6) is -0.970. The van der Waals surface area contributed by atoms with Gasteiger partial charge in [-0.2, -0.15) is 5.10 Å². The van der Waals surface area contributed by atoms with Gasteiger partial charge in [-0.3, -0.25) is 10.2 Å². The predicted octanol–water partition coefficient (Wildman–Crippen LogP) is 3.70. The monoisotopic (exact) mass is 417 g/mol. The number of hydrogen-bond donors (Lipinski definition) is 4. The molecule has 10 heteroatoms. The van der Waals surface area contributed by atoms with E-state index in [4.69, 9.17) is 40.5 Å². The number of carbonyl (C=O) groups is 1. The van der Waals surface area contributed by atoms with Crippen LogP contribution >= 0.6 is 46.8 Å². The van der Waals surface area contributed by atoms with Crippen LogP contribution in [0, 0.1) is 0 Å². The molecule has 0 atom stereocenters. The maximum Gasteiger partial charge on any atom is 0.322 e. The molecule has 0 aliphatic carbocycles. The van der Waals surface area contributed by atoms with Crippen LogP contribution in [0.25, 0.3) is 10.4 Å². The van der Waals surface area contributed by atoms with Gasteiger partial charge in [-0.25, -0.2) is 0 Å². The van der Waals surface area contributed by atoms with Crippen LogP contribution in [0.15, 0.2) is 28.7 Å². The van der Waals surface area contributed by atoms with Crippen molar-refractivity contribution in [2.24, 2.45) is 5.10 Å². The number of benzene rings is 1. The van der Waals surface area contributed by atoms with E-state index >= 15 is 0 Å². The number of carboxylic acids is 1. The molecule has 25 heavy (non-hydrogen) atoms. The number of rotatable bonds is 5. The minimum atomic E-state index is -1.04. The number of aliphatic carboxylic acids is 1. The summed E-state index contributed by atoms with van der Waals surface area (Å²) in [6, 6.07) is 5.10. The zero-order chi connectivity index (χ0) is 18.6. The van der Waals surface area contributed by atoms with Gasteiger partial charge in [0.1, 0.15) is 12.3 Å². The third-order valence-corrected chi connectivity index (χ3v) is 5.05. The standard InChI is InChI=1S/C15H13Cl2N3O3S2/c1-7(19-20-15(24)18-5-12(21)22)9-6-25-14(13(9)23)8-2-3-10(16)11(17)4-8/h2-4,6,23H,5H2,1H3,(H,21,22)(H2,18,20,24)/b19-7-.